The van der Waals surface area contributed by atoms with E-state index in [1.165, 1.54) is 17.1 Å². The smallest absolute Gasteiger partial charge is 0.331 e. The van der Waals surface area contributed by atoms with Crippen molar-refractivity contribution in [2.45, 2.75) is 30.7 Å². The zero-order chi connectivity index (χ0) is 16.9. The van der Waals surface area contributed by atoms with Gasteiger partial charge in [0.25, 0.3) is 0 Å². The van der Waals surface area contributed by atoms with Crippen LogP contribution in [-0.2, 0) is 15.1 Å². The molecule has 1 aromatic heterocycles. The van der Waals surface area contributed by atoms with E-state index in [4.69, 9.17) is 5.11 Å². The summed E-state index contributed by atoms with van der Waals surface area (Å²) in [7, 11) is 0. The number of nitrogens with one attached hydrogen (secondary N) is 1. The number of carbonyl (C=O) groups excluding carboxylic acids is 1. The van der Waals surface area contributed by atoms with Gasteiger partial charge in [0, 0.05) is 23.3 Å². The number of benzene rings is 1. The first kappa shape index (κ1) is 17.1. The Morgan fingerprint density at radius 3 is 2.65 bits per heavy atom. The number of carboxylic acids is 1. The van der Waals surface area contributed by atoms with Crippen LogP contribution in [-0.4, -0.2) is 32.5 Å². The highest BCUT2D eigenvalue weighted by Crippen LogP contribution is 2.19. The van der Waals surface area contributed by atoms with Crippen molar-refractivity contribution in [2.75, 3.05) is 11.1 Å². The van der Waals surface area contributed by atoms with Crippen LogP contribution in [0.3, 0.4) is 0 Å². The van der Waals surface area contributed by atoms with Gasteiger partial charge in [-0.15, -0.1) is 11.8 Å². The SMILES string of the molecule is CC(C)(C(=O)O)n1cc(NC(=O)CCSc2ccccc2)cn1. The molecule has 6 nitrogen and oxygen atoms in total. The summed E-state index contributed by atoms with van der Waals surface area (Å²) < 4.78 is 1.32. The first-order valence-electron chi connectivity index (χ1n) is 7.16. The molecule has 0 saturated carbocycles. The van der Waals surface area contributed by atoms with Gasteiger partial charge in [-0.2, -0.15) is 5.10 Å². The Kier molecular flexibility index (Phi) is 5.44. The van der Waals surface area contributed by atoms with Crippen molar-refractivity contribution in [1.29, 1.82) is 0 Å². The van der Waals surface area contributed by atoms with Crippen molar-refractivity contribution in [1.82, 2.24) is 9.78 Å². The molecule has 122 valence electrons. The minimum absolute atomic E-state index is 0.124. The minimum Gasteiger partial charge on any atom is -0.479 e. The van der Waals surface area contributed by atoms with Crippen molar-refractivity contribution in [3.63, 3.8) is 0 Å². The van der Waals surface area contributed by atoms with Crippen LogP contribution in [0.4, 0.5) is 5.69 Å². The molecule has 1 aromatic carbocycles. The largest absolute Gasteiger partial charge is 0.479 e. The van der Waals surface area contributed by atoms with E-state index in [1.807, 2.05) is 30.3 Å². The van der Waals surface area contributed by atoms with Gasteiger partial charge in [-0.1, -0.05) is 18.2 Å². The monoisotopic (exact) mass is 333 g/mol. The van der Waals surface area contributed by atoms with Crippen LogP contribution < -0.4 is 5.32 Å². The lowest BCUT2D eigenvalue weighted by Gasteiger charge is -2.19. The Hall–Kier alpha value is -2.28. The summed E-state index contributed by atoms with van der Waals surface area (Å²) in [6, 6.07) is 9.87. The van der Waals surface area contributed by atoms with E-state index < -0.39 is 11.5 Å². The number of hydrogen-bond acceptors (Lipinski definition) is 4. The molecule has 23 heavy (non-hydrogen) atoms. The average molecular weight is 333 g/mol. The highest BCUT2D eigenvalue weighted by molar-refractivity contribution is 7.99. The van der Waals surface area contributed by atoms with Gasteiger partial charge in [-0.3, -0.25) is 9.48 Å². The lowest BCUT2D eigenvalue weighted by molar-refractivity contribution is -0.146. The molecule has 0 saturated heterocycles. The second-order valence-corrected chi connectivity index (χ2v) is 6.67. The maximum absolute atomic E-state index is 11.9. The number of thioether (sulfide) groups is 1. The molecule has 0 spiro atoms. The van der Waals surface area contributed by atoms with E-state index in [-0.39, 0.29) is 5.91 Å². The fraction of sp³-hybridized carbons (Fsp3) is 0.312. The number of anilines is 1. The van der Waals surface area contributed by atoms with E-state index >= 15 is 0 Å². The number of aliphatic carboxylic acids is 1. The highest BCUT2D eigenvalue weighted by Gasteiger charge is 2.30. The van der Waals surface area contributed by atoms with Gasteiger partial charge in [-0.25, -0.2) is 4.79 Å². The third-order valence-electron chi connectivity index (χ3n) is 3.30. The van der Waals surface area contributed by atoms with Crippen LogP contribution in [0.2, 0.25) is 0 Å². The van der Waals surface area contributed by atoms with Crippen LogP contribution in [0.25, 0.3) is 0 Å². The molecule has 0 bridgehead atoms. The number of amides is 1. The summed E-state index contributed by atoms with van der Waals surface area (Å²) in [6.45, 7) is 3.09. The van der Waals surface area contributed by atoms with Crippen LogP contribution in [0.1, 0.15) is 20.3 Å². The molecule has 0 radical (unpaired) electrons. The third kappa shape index (κ3) is 4.59. The summed E-state index contributed by atoms with van der Waals surface area (Å²) in [4.78, 5) is 24.2. The quantitative estimate of drug-likeness (QED) is 0.761. The Balaban J connectivity index is 1.84. The molecule has 0 aliphatic rings. The van der Waals surface area contributed by atoms with Gasteiger partial charge in [0.2, 0.25) is 5.91 Å². The van der Waals surface area contributed by atoms with Gasteiger partial charge in [0.05, 0.1) is 11.9 Å². The maximum atomic E-state index is 11.9. The molecule has 1 amide bonds. The van der Waals surface area contributed by atoms with Gasteiger partial charge in [0.15, 0.2) is 5.54 Å². The molecule has 1 heterocycles. The Morgan fingerprint density at radius 2 is 2.00 bits per heavy atom. The number of hydrogen-bond donors (Lipinski definition) is 2. The predicted octanol–water partition coefficient (Wildman–Crippen LogP) is 2.82. The number of carboxylic acid groups (broad SMARTS) is 1. The van der Waals surface area contributed by atoms with E-state index in [0.717, 1.165) is 4.90 Å². The van der Waals surface area contributed by atoms with Gasteiger partial charge in [-0.05, 0) is 26.0 Å². The molecule has 2 rings (SSSR count). The first-order valence-corrected chi connectivity index (χ1v) is 8.14. The Morgan fingerprint density at radius 1 is 1.30 bits per heavy atom. The molecule has 0 fully saturated rings. The standard InChI is InChI=1S/C16H19N3O3S/c1-16(2,15(21)22)19-11-12(10-17-19)18-14(20)8-9-23-13-6-4-3-5-7-13/h3-7,10-11H,8-9H2,1-2H3,(H,18,20)(H,21,22). The van der Waals surface area contributed by atoms with Gasteiger partial charge >= 0.3 is 5.97 Å². The molecule has 0 aliphatic heterocycles. The van der Waals surface area contributed by atoms with Crippen LogP contribution >= 0.6 is 11.8 Å². The van der Waals surface area contributed by atoms with Crippen LogP contribution in [0.15, 0.2) is 47.6 Å². The Labute approximate surface area is 138 Å². The van der Waals surface area contributed by atoms with E-state index in [0.29, 0.717) is 17.9 Å². The summed E-state index contributed by atoms with van der Waals surface area (Å²) in [5.41, 5.74) is -0.666. The number of rotatable bonds is 7. The molecular weight excluding hydrogens is 314 g/mol. The second kappa shape index (κ2) is 7.32. The molecule has 7 heteroatoms. The van der Waals surface area contributed by atoms with Crippen molar-refractivity contribution in [3.8, 4) is 0 Å². The number of carbonyl (C=O) groups is 2. The summed E-state index contributed by atoms with van der Waals surface area (Å²) >= 11 is 1.61. The van der Waals surface area contributed by atoms with E-state index in [9.17, 15) is 9.59 Å². The Bertz CT molecular complexity index is 683. The third-order valence-corrected chi connectivity index (χ3v) is 4.32. The average Bonchev–Trinajstić information content (AvgIpc) is 2.97. The predicted molar refractivity (Wildman–Crippen MR) is 89.6 cm³/mol. The minimum atomic E-state index is -1.16. The van der Waals surface area contributed by atoms with Crippen LogP contribution in [0.5, 0.6) is 0 Å². The van der Waals surface area contributed by atoms with Crippen molar-refractivity contribution < 1.29 is 14.7 Å². The fourth-order valence-electron chi connectivity index (χ4n) is 1.79. The zero-order valence-electron chi connectivity index (χ0n) is 13.0. The fourth-order valence-corrected chi connectivity index (χ4v) is 2.67. The van der Waals surface area contributed by atoms with Crippen LogP contribution in [0, 0.1) is 0 Å². The van der Waals surface area contributed by atoms with Gasteiger partial charge in [0.1, 0.15) is 0 Å². The molecule has 0 unspecified atom stereocenters. The first-order chi connectivity index (χ1) is 10.9. The summed E-state index contributed by atoms with van der Waals surface area (Å²) in [6.07, 6.45) is 3.34. The van der Waals surface area contributed by atoms with Gasteiger partial charge < -0.3 is 10.4 Å². The summed E-state index contributed by atoms with van der Waals surface area (Å²) in [5.74, 6) is -0.441. The lowest BCUT2D eigenvalue weighted by atomic mass is 10.1. The van der Waals surface area contributed by atoms with Crippen molar-refractivity contribution in [2.24, 2.45) is 0 Å². The molecule has 2 aromatic rings. The topological polar surface area (TPSA) is 84.2 Å². The highest BCUT2D eigenvalue weighted by atomic mass is 32.2. The molecular formula is C16H19N3O3S. The zero-order valence-corrected chi connectivity index (χ0v) is 13.8. The second-order valence-electron chi connectivity index (χ2n) is 5.50. The normalized spacial score (nSPS) is 11.2. The van der Waals surface area contributed by atoms with E-state index in [1.54, 1.807) is 25.6 Å². The maximum Gasteiger partial charge on any atom is 0.331 e. The molecule has 0 aliphatic carbocycles. The summed E-state index contributed by atoms with van der Waals surface area (Å²) in [5, 5.41) is 15.9. The lowest BCUT2D eigenvalue weighted by Crippen LogP contribution is -2.35. The van der Waals surface area contributed by atoms with Crippen molar-refractivity contribution >= 4 is 29.3 Å². The number of aromatic nitrogens is 2. The molecule has 2 N–H and O–H groups in total. The number of nitrogens with zero attached hydrogens (tertiary/aromatic N) is 2. The molecule has 0 atom stereocenters. The van der Waals surface area contributed by atoms with Crippen molar-refractivity contribution in [3.05, 3.63) is 42.7 Å². The van der Waals surface area contributed by atoms with E-state index in [2.05, 4.69) is 10.4 Å².